The summed E-state index contributed by atoms with van der Waals surface area (Å²) >= 11 is 6.59. The highest BCUT2D eigenvalue weighted by Gasteiger charge is 2.56. The number of para-hydroxylation sites is 1. The molecule has 0 spiro atoms. The molecule has 0 aromatic heterocycles. The molecule has 2 aliphatic rings. The lowest BCUT2D eigenvalue weighted by atomic mass is 9.59. The summed E-state index contributed by atoms with van der Waals surface area (Å²) in [6.45, 7) is 0. The lowest BCUT2D eigenvalue weighted by Crippen LogP contribution is -2.52. The molecule has 0 N–H and O–H groups in total. The third-order valence-corrected chi connectivity index (χ3v) is 7.23. The number of ether oxygens (including phenoxy) is 1. The van der Waals surface area contributed by atoms with Crippen LogP contribution in [0.15, 0.2) is 102 Å². The van der Waals surface area contributed by atoms with Crippen molar-refractivity contribution in [2.75, 3.05) is 19.1 Å². The van der Waals surface area contributed by atoms with Gasteiger partial charge in [-0.3, -0.25) is 0 Å². The van der Waals surface area contributed by atoms with Crippen molar-refractivity contribution in [1.82, 2.24) is 0 Å². The molecule has 0 amide bonds. The number of likely N-dealkylation sites (N-methyl/N-ethyl adjacent to an activating group) is 1. The number of amidine groups is 1. The second-order valence-corrected chi connectivity index (χ2v) is 9.03. The Morgan fingerprint density at radius 1 is 0.879 bits per heavy atom. The molecular formula is C29H23ClN2O. The van der Waals surface area contributed by atoms with E-state index in [2.05, 4.69) is 90.8 Å². The molecule has 33 heavy (non-hydrogen) atoms. The molecule has 162 valence electrons. The Balaban J connectivity index is 1.75. The van der Waals surface area contributed by atoms with Gasteiger partial charge in [0.05, 0.1) is 18.2 Å². The summed E-state index contributed by atoms with van der Waals surface area (Å²) < 4.78 is 5.46. The number of rotatable bonds is 3. The third kappa shape index (κ3) is 2.79. The Bertz CT molecular complexity index is 1380. The van der Waals surface area contributed by atoms with Gasteiger partial charge in [-0.2, -0.15) is 0 Å². The standard InChI is InChI=1S/C29H23ClN2O/c1-32-26-17-14-21(30)18-23(26)27(19-12-15-22(33-2)16-13-19)29(20-8-4-3-5-9-20)24-10-6-7-11-25(24)31-28(29)32/h3-18,27H,1-2H3/t27-,29-/m0/s1. The molecule has 4 heteroatoms. The topological polar surface area (TPSA) is 24.8 Å². The summed E-state index contributed by atoms with van der Waals surface area (Å²) in [5, 5.41) is 0.732. The molecule has 2 heterocycles. The van der Waals surface area contributed by atoms with E-state index in [0.717, 1.165) is 28.0 Å². The molecule has 0 saturated carbocycles. The molecule has 2 aliphatic heterocycles. The normalized spacial score (nSPS) is 20.5. The molecule has 2 atom stereocenters. The quantitative estimate of drug-likeness (QED) is 0.337. The van der Waals surface area contributed by atoms with Crippen molar-refractivity contribution in [1.29, 1.82) is 0 Å². The maximum Gasteiger partial charge on any atom is 0.125 e. The Hall–Kier alpha value is -3.56. The van der Waals surface area contributed by atoms with E-state index in [9.17, 15) is 0 Å². The van der Waals surface area contributed by atoms with Crippen molar-refractivity contribution in [2.45, 2.75) is 11.3 Å². The van der Waals surface area contributed by atoms with Crippen LogP contribution in [0.4, 0.5) is 11.4 Å². The van der Waals surface area contributed by atoms with Crippen molar-refractivity contribution < 1.29 is 4.74 Å². The predicted octanol–water partition coefficient (Wildman–Crippen LogP) is 6.96. The van der Waals surface area contributed by atoms with Crippen LogP contribution in [0.25, 0.3) is 0 Å². The molecule has 4 aromatic rings. The molecule has 0 bridgehead atoms. The largest absolute Gasteiger partial charge is 0.497 e. The maximum atomic E-state index is 6.59. The molecule has 3 nitrogen and oxygen atoms in total. The van der Waals surface area contributed by atoms with E-state index in [1.54, 1.807) is 7.11 Å². The lowest BCUT2D eigenvalue weighted by molar-refractivity contribution is 0.414. The van der Waals surface area contributed by atoms with Crippen molar-refractivity contribution in [2.24, 2.45) is 4.99 Å². The maximum absolute atomic E-state index is 6.59. The van der Waals surface area contributed by atoms with Crippen LogP contribution >= 0.6 is 11.6 Å². The zero-order chi connectivity index (χ0) is 22.6. The van der Waals surface area contributed by atoms with Crippen LogP contribution in [0.1, 0.15) is 28.2 Å². The van der Waals surface area contributed by atoms with Crippen LogP contribution < -0.4 is 9.64 Å². The third-order valence-electron chi connectivity index (χ3n) is 7.00. The van der Waals surface area contributed by atoms with E-state index in [4.69, 9.17) is 21.3 Å². The minimum atomic E-state index is -0.487. The van der Waals surface area contributed by atoms with Crippen molar-refractivity contribution >= 4 is 28.8 Å². The van der Waals surface area contributed by atoms with Crippen LogP contribution in [-0.2, 0) is 5.41 Å². The molecule has 0 aliphatic carbocycles. The number of benzene rings is 4. The van der Waals surface area contributed by atoms with E-state index in [1.807, 2.05) is 18.2 Å². The smallest absolute Gasteiger partial charge is 0.125 e. The number of aliphatic imine (C=N–C) groups is 1. The van der Waals surface area contributed by atoms with E-state index >= 15 is 0 Å². The highest BCUT2D eigenvalue weighted by atomic mass is 35.5. The number of anilines is 1. The van der Waals surface area contributed by atoms with Crippen LogP contribution in [0, 0.1) is 0 Å². The van der Waals surface area contributed by atoms with Crippen LogP contribution in [0.2, 0.25) is 5.02 Å². The van der Waals surface area contributed by atoms with Crippen molar-refractivity contribution in [3.63, 3.8) is 0 Å². The molecule has 0 unspecified atom stereocenters. The minimum absolute atomic E-state index is 0.0156. The van der Waals surface area contributed by atoms with E-state index in [1.165, 1.54) is 22.3 Å². The summed E-state index contributed by atoms with van der Waals surface area (Å²) in [5.74, 6) is 1.86. The van der Waals surface area contributed by atoms with Gasteiger partial charge in [0, 0.05) is 23.7 Å². The first kappa shape index (κ1) is 20.1. The second kappa shape index (κ2) is 7.50. The van der Waals surface area contributed by atoms with Gasteiger partial charge >= 0.3 is 0 Å². The van der Waals surface area contributed by atoms with Gasteiger partial charge in [0.25, 0.3) is 0 Å². The number of methoxy groups -OCH3 is 1. The zero-order valence-corrected chi connectivity index (χ0v) is 19.3. The van der Waals surface area contributed by atoms with Gasteiger partial charge in [-0.15, -0.1) is 0 Å². The fraction of sp³-hybridized carbons (Fsp3) is 0.138. The van der Waals surface area contributed by atoms with Gasteiger partial charge < -0.3 is 9.64 Å². The molecule has 0 fully saturated rings. The van der Waals surface area contributed by atoms with Gasteiger partial charge in [-0.05, 0) is 58.7 Å². The van der Waals surface area contributed by atoms with Gasteiger partial charge in [-0.25, -0.2) is 4.99 Å². The molecule has 6 rings (SSSR count). The summed E-state index contributed by atoms with van der Waals surface area (Å²) in [5.41, 5.74) is 6.46. The first-order valence-electron chi connectivity index (χ1n) is 11.1. The SMILES string of the molecule is COc1ccc([C@H]2c3cc(Cl)ccc3N(C)C3=Nc4ccccc4[C@]32c2ccccc2)cc1. The van der Waals surface area contributed by atoms with Crippen molar-refractivity contribution in [3.8, 4) is 5.75 Å². The van der Waals surface area contributed by atoms with Crippen molar-refractivity contribution in [3.05, 3.63) is 124 Å². The molecular weight excluding hydrogens is 428 g/mol. The number of hydrogen-bond donors (Lipinski definition) is 0. The Morgan fingerprint density at radius 2 is 1.61 bits per heavy atom. The van der Waals surface area contributed by atoms with E-state index in [-0.39, 0.29) is 5.92 Å². The number of hydrogen-bond acceptors (Lipinski definition) is 3. The van der Waals surface area contributed by atoms with Gasteiger partial charge in [0.1, 0.15) is 11.6 Å². The van der Waals surface area contributed by atoms with E-state index in [0.29, 0.717) is 0 Å². The summed E-state index contributed by atoms with van der Waals surface area (Å²) in [6.07, 6.45) is 0. The predicted molar refractivity (Wildman–Crippen MR) is 135 cm³/mol. The van der Waals surface area contributed by atoms with Gasteiger partial charge in [0.2, 0.25) is 0 Å². The number of halogens is 1. The first-order chi connectivity index (χ1) is 16.1. The highest BCUT2D eigenvalue weighted by Crippen LogP contribution is 2.60. The van der Waals surface area contributed by atoms with Gasteiger partial charge in [-0.1, -0.05) is 72.3 Å². The summed E-state index contributed by atoms with van der Waals surface area (Å²) in [4.78, 5) is 7.45. The monoisotopic (exact) mass is 450 g/mol. The first-order valence-corrected chi connectivity index (χ1v) is 11.4. The Kier molecular flexibility index (Phi) is 4.56. The average molecular weight is 451 g/mol. The summed E-state index contributed by atoms with van der Waals surface area (Å²) in [7, 11) is 3.81. The van der Waals surface area contributed by atoms with Gasteiger partial charge in [0.15, 0.2) is 0 Å². The fourth-order valence-corrected chi connectivity index (χ4v) is 5.82. The lowest BCUT2D eigenvalue weighted by Gasteiger charge is -2.48. The minimum Gasteiger partial charge on any atom is -0.497 e. The Labute approximate surface area is 198 Å². The number of fused-ring (bicyclic) bond motifs is 4. The average Bonchev–Trinajstić information content (AvgIpc) is 3.21. The molecule has 4 aromatic carbocycles. The Morgan fingerprint density at radius 3 is 2.36 bits per heavy atom. The molecule has 0 radical (unpaired) electrons. The van der Waals surface area contributed by atoms with Crippen LogP contribution in [0.3, 0.4) is 0 Å². The highest BCUT2D eigenvalue weighted by molar-refractivity contribution is 6.31. The number of nitrogens with zero attached hydrogens (tertiary/aromatic N) is 2. The van der Waals surface area contributed by atoms with E-state index < -0.39 is 5.41 Å². The van der Waals surface area contributed by atoms with Crippen LogP contribution in [-0.4, -0.2) is 20.0 Å². The second-order valence-electron chi connectivity index (χ2n) is 8.59. The zero-order valence-electron chi connectivity index (χ0n) is 18.5. The van der Waals surface area contributed by atoms with Crippen LogP contribution in [0.5, 0.6) is 5.75 Å². The summed E-state index contributed by atoms with van der Waals surface area (Å²) in [6, 6.07) is 33.8. The molecule has 0 saturated heterocycles. The fourth-order valence-electron chi connectivity index (χ4n) is 5.64.